The smallest absolute Gasteiger partial charge is 0.271 e. The van der Waals surface area contributed by atoms with Gasteiger partial charge in [0.1, 0.15) is 5.69 Å². The molecule has 5 nitrogen and oxygen atoms in total. The van der Waals surface area contributed by atoms with E-state index in [9.17, 15) is 4.79 Å². The Morgan fingerprint density at radius 3 is 2.59 bits per heavy atom. The molecule has 2 aromatic rings. The Morgan fingerprint density at radius 2 is 1.95 bits per heavy atom. The zero-order valence-corrected chi connectivity index (χ0v) is 13.8. The summed E-state index contributed by atoms with van der Waals surface area (Å²) in [6.07, 6.45) is 0.881. The normalized spacial score (nSPS) is 10.6. The Labute approximate surface area is 130 Å². The molecule has 0 aliphatic rings. The summed E-state index contributed by atoms with van der Waals surface area (Å²) in [6, 6.07) is 3.95. The Morgan fingerprint density at radius 1 is 1.23 bits per heavy atom. The van der Waals surface area contributed by atoms with Crippen LogP contribution >= 0.6 is 0 Å². The Bertz CT molecular complexity index is 735. The third-order valence-electron chi connectivity index (χ3n) is 3.89. The number of methoxy groups -OCH3 is 1. The molecule has 0 unspecified atom stereocenters. The number of H-pyrrole nitrogens is 1. The van der Waals surface area contributed by atoms with Crippen molar-refractivity contribution in [2.45, 2.75) is 40.7 Å². The molecule has 0 saturated carbocycles. The van der Waals surface area contributed by atoms with Crippen LogP contribution in [0.25, 0.3) is 0 Å². The van der Waals surface area contributed by atoms with E-state index in [0.717, 1.165) is 34.5 Å². The largest absolute Gasteiger partial charge is 0.481 e. The number of aryl methyl sites for hydroxylation is 4. The number of ether oxygens (including phenoxy) is 1. The number of hydrogen-bond donors (Lipinski definition) is 2. The molecule has 0 aliphatic carbocycles. The first-order chi connectivity index (χ1) is 10.5. The van der Waals surface area contributed by atoms with Gasteiger partial charge in [-0.2, -0.15) is 0 Å². The number of aromatic nitrogens is 2. The summed E-state index contributed by atoms with van der Waals surface area (Å²) in [5.41, 5.74) is 5.50. The second kappa shape index (κ2) is 6.64. The van der Waals surface area contributed by atoms with Crippen molar-refractivity contribution in [1.29, 1.82) is 0 Å². The van der Waals surface area contributed by atoms with Gasteiger partial charge in [-0.15, -0.1) is 0 Å². The van der Waals surface area contributed by atoms with E-state index < -0.39 is 0 Å². The SMILES string of the molecule is CCc1cc(NCc2cc(C)c(C)nc2OC)c(=O)[nH]c1C. The van der Waals surface area contributed by atoms with E-state index in [1.165, 1.54) is 0 Å². The molecule has 2 N–H and O–H groups in total. The van der Waals surface area contributed by atoms with Crippen LogP contribution < -0.4 is 15.6 Å². The zero-order valence-electron chi connectivity index (χ0n) is 13.8. The lowest BCUT2D eigenvalue weighted by atomic mass is 10.1. The molecule has 118 valence electrons. The second-order valence-corrected chi connectivity index (χ2v) is 5.43. The first kappa shape index (κ1) is 16.1. The van der Waals surface area contributed by atoms with Crippen molar-refractivity contribution in [3.63, 3.8) is 0 Å². The van der Waals surface area contributed by atoms with Crippen LogP contribution in [-0.2, 0) is 13.0 Å². The molecule has 0 atom stereocenters. The minimum atomic E-state index is -0.106. The minimum Gasteiger partial charge on any atom is -0.481 e. The summed E-state index contributed by atoms with van der Waals surface area (Å²) in [5, 5.41) is 3.19. The van der Waals surface area contributed by atoms with Gasteiger partial charge >= 0.3 is 0 Å². The molecule has 0 spiro atoms. The van der Waals surface area contributed by atoms with Crippen LogP contribution in [-0.4, -0.2) is 17.1 Å². The average Bonchev–Trinajstić information content (AvgIpc) is 2.49. The van der Waals surface area contributed by atoms with Gasteiger partial charge in [-0.3, -0.25) is 4.79 Å². The molecular weight excluding hydrogens is 278 g/mol. The van der Waals surface area contributed by atoms with Gasteiger partial charge in [-0.05, 0) is 50.5 Å². The topological polar surface area (TPSA) is 67.0 Å². The fourth-order valence-electron chi connectivity index (χ4n) is 2.40. The highest BCUT2D eigenvalue weighted by atomic mass is 16.5. The number of aromatic amines is 1. The first-order valence-electron chi connectivity index (χ1n) is 7.44. The van der Waals surface area contributed by atoms with Crippen molar-refractivity contribution in [1.82, 2.24) is 9.97 Å². The molecule has 0 aliphatic heterocycles. The van der Waals surface area contributed by atoms with Gasteiger partial charge in [0, 0.05) is 23.5 Å². The molecule has 0 radical (unpaired) electrons. The molecule has 0 fully saturated rings. The fourth-order valence-corrected chi connectivity index (χ4v) is 2.40. The predicted molar refractivity (Wildman–Crippen MR) is 88.8 cm³/mol. The van der Waals surface area contributed by atoms with Crippen LogP contribution in [0.2, 0.25) is 0 Å². The minimum absolute atomic E-state index is 0.106. The van der Waals surface area contributed by atoms with Gasteiger partial charge in [0.2, 0.25) is 5.88 Å². The average molecular weight is 301 g/mol. The Balaban J connectivity index is 2.27. The van der Waals surface area contributed by atoms with Crippen molar-refractivity contribution >= 4 is 5.69 Å². The molecule has 2 rings (SSSR count). The molecule has 0 amide bonds. The number of hydrogen-bond acceptors (Lipinski definition) is 4. The van der Waals surface area contributed by atoms with Gasteiger partial charge in [0.25, 0.3) is 5.56 Å². The van der Waals surface area contributed by atoms with Crippen LogP contribution in [0.4, 0.5) is 5.69 Å². The van der Waals surface area contributed by atoms with Crippen LogP contribution in [0.15, 0.2) is 16.9 Å². The first-order valence-corrected chi connectivity index (χ1v) is 7.44. The standard InChI is InChI=1S/C17H23N3O2/c1-6-13-8-15(16(21)19-12(13)4)18-9-14-7-10(2)11(3)20-17(14)22-5/h7-8,18H,6,9H2,1-5H3,(H,19,21). The highest BCUT2D eigenvalue weighted by molar-refractivity contribution is 5.46. The molecule has 0 aromatic carbocycles. The molecular formula is C17H23N3O2. The van der Waals surface area contributed by atoms with Gasteiger partial charge in [-0.25, -0.2) is 4.98 Å². The molecule has 0 bridgehead atoms. The van der Waals surface area contributed by atoms with E-state index in [0.29, 0.717) is 18.1 Å². The Kier molecular flexibility index (Phi) is 4.85. The number of rotatable bonds is 5. The van der Waals surface area contributed by atoms with E-state index in [4.69, 9.17) is 4.74 Å². The lowest BCUT2D eigenvalue weighted by molar-refractivity contribution is 0.392. The second-order valence-electron chi connectivity index (χ2n) is 5.43. The van der Waals surface area contributed by atoms with Crippen LogP contribution in [0.5, 0.6) is 5.88 Å². The molecule has 0 saturated heterocycles. The predicted octanol–water partition coefficient (Wildman–Crippen LogP) is 2.88. The fraction of sp³-hybridized carbons (Fsp3) is 0.412. The molecule has 2 heterocycles. The molecule has 5 heteroatoms. The van der Waals surface area contributed by atoms with Gasteiger partial charge < -0.3 is 15.0 Å². The van der Waals surface area contributed by atoms with Gasteiger partial charge in [-0.1, -0.05) is 6.92 Å². The monoisotopic (exact) mass is 301 g/mol. The van der Waals surface area contributed by atoms with Crippen LogP contribution in [0.3, 0.4) is 0 Å². The van der Waals surface area contributed by atoms with Crippen molar-refractivity contribution < 1.29 is 4.74 Å². The maximum absolute atomic E-state index is 12.0. The summed E-state index contributed by atoms with van der Waals surface area (Å²) in [7, 11) is 1.61. The quantitative estimate of drug-likeness (QED) is 0.891. The van der Waals surface area contributed by atoms with E-state index in [1.807, 2.05) is 32.9 Å². The van der Waals surface area contributed by atoms with Crippen LogP contribution in [0, 0.1) is 20.8 Å². The van der Waals surface area contributed by atoms with Crippen molar-refractivity contribution in [2.24, 2.45) is 0 Å². The maximum atomic E-state index is 12.0. The summed E-state index contributed by atoms with van der Waals surface area (Å²) in [6.45, 7) is 8.44. The zero-order chi connectivity index (χ0) is 16.3. The lowest BCUT2D eigenvalue weighted by Crippen LogP contribution is -2.16. The summed E-state index contributed by atoms with van der Waals surface area (Å²) in [5.74, 6) is 0.592. The highest BCUT2D eigenvalue weighted by Gasteiger charge is 2.09. The number of anilines is 1. The highest BCUT2D eigenvalue weighted by Crippen LogP contribution is 2.20. The van der Waals surface area contributed by atoms with Crippen molar-refractivity contribution in [3.8, 4) is 5.88 Å². The van der Waals surface area contributed by atoms with E-state index in [1.54, 1.807) is 7.11 Å². The number of nitrogens with one attached hydrogen (secondary N) is 2. The van der Waals surface area contributed by atoms with E-state index in [-0.39, 0.29) is 5.56 Å². The van der Waals surface area contributed by atoms with Gasteiger partial charge in [0.15, 0.2) is 0 Å². The number of nitrogens with zero attached hydrogens (tertiary/aromatic N) is 1. The maximum Gasteiger partial charge on any atom is 0.271 e. The van der Waals surface area contributed by atoms with Crippen molar-refractivity contribution in [3.05, 3.63) is 50.6 Å². The molecule has 2 aromatic heterocycles. The van der Waals surface area contributed by atoms with E-state index >= 15 is 0 Å². The van der Waals surface area contributed by atoms with Gasteiger partial charge in [0.05, 0.1) is 7.11 Å². The summed E-state index contributed by atoms with van der Waals surface area (Å²) < 4.78 is 5.33. The summed E-state index contributed by atoms with van der Waals surface area (Å²) in [4.78, 5) is 19.3. The van der Waals surface area contributed by atoms with Crippen LogP contribution in [0.1, 0.15) is 35.0 Å². The summed E-state index contributed by atoms with van der Waals surface area (Å²) >= 11 is 0. The Hall–Kier alpha value is -2.30. The third kappa shape index (κ3) is 3.30. The lowest BCUT2D eigenvalue weighted by Gasteiger charge is -2.13. The molecule has 22 heavy (non-hydrogen) atoms. The third-order valence-corrected chi connectivity index (χ3v) is 3.89. The van der Waals surface area contributed by atoms with Crippen molar-refractivity contribution in [2.75, 3.05) is 12.4 Å². The van der Waals surface area contributed by atoms with E-state index in [2.05, 4.69) is 22.2 Å². The number of pyridine rings is 2.